The van der Waals surface area contributed by atoms with E-state index in [9.17, 15) is 9.59 Å². The molecule has 0 saturated heterocycles. The summed E-state index contributed by atoms with van der Waals surface area (Å²) in [5.74, 6) is 0.980. The number of rotatable bonds is 3. The maximum atomic E-state index is 12.9. The van der Waals surface area contributed by atoms with Gasteiger partial charge in [-0.2, -0.15) is 0 Å². The Morgan fingerprint density at radius 3 is 2.57 bits per heavy atom. The first-order chi connectivity index (χ1) is 13.6. The number of benzene rings is 3. The Morgan fingerprint density at radius 1 is 1.00 bits per heavy atom. The van der Waals surface area contributed by atoms with E-state index in [1.807, 2.05) is 24.3 Å². The zero-order valence-corrected chi connectivity index (χ0v) is 15.4. The molecule has 0 fully saturated rings. The summed E-state index contributed by atoms with van der Waals surface area (Å²) < 4.78 is 11.2. The van der Waals surface area contributed by atoms with E-state index in [0.717, 1.165) is 0 Å². The fourth-order valence-corrected chi connectivity index (χ4v) is 3.12. The van der Waals surface area contributed by atoms with Crippen molar-refractivity contribution in [3.05, 3.63) is 77.9 Å². The van der Waals surface area contributed by atoms with E-state index < -0.39 is 0 Å². The molecule has 0 aliphatic carbocycles. The molecule has 1 heterocycles. The molecule has 2 amide bonds. The molecule has 3 aromatic carbocycles. The molecule has 3 aromatic rings. The molecule has 0 atom stereocenters. The lowest BCUT2D eigenvalue weighted by Crippen LogP contribution is -2.25. The number of hydrogen-bond donors (Lipinski definition) is 1. The molecule has 0 bridgehead atoms. The van der Waals surface area contributed by atoms with Crippen LogP contribution < -0.4 is 19.7 Å². The fraction of sp³-hybridized carbons (Fsp3) is 0.0909. The lowest BCUT2D eigenvalue weighted by atomic mass is 10.1. The summed E-state index contributed by atoms with van der Waals surface area (Å²) in [6, 6.07) is 19.3. The highest BCUT2D eigenvalue weighted by Crippen LogP contribution is 2.38. The highest BCUT2D eigenvalue weighted by atomic mass is 16.5. The number of anilines is 2. The molecule has 6 nitrogen and oxygen atoms in total. The van der Waals surface area contributed by atoms with Crippen molar-refractivity contribution in [1.82, 2.24) is 0 Å². The van der Waals surface area contributed by atoms with Gasteiger partial charge in [0, 0.05) is 12.7 Å². The van der Waals surface area contributed by atoms with Crippen LogP contribution in [0.4, 0.5) is 11.4 Å². The number of nitrogens with one attached hydrogen (secondary N) is 1. The zero-order valence-electron chi connectivity index (χ0n) is 15.4. The van der Waals surface area contributed by atoms with Gasteiger partial charge in [-0.15, -0.1) is 0 Å². The highest BCUT2D eigenvalue weighted by molar-refractivity contribution is 6.11. The largest absolute Gasteiger partial charge is 0.496 e. The number of methoxy groups -OCH3 is 1. The van der Waals surface area contributed by atoms with E-state index in [4.69, 9.17) is 9.47 Å². The third-order valence-electron chi connectivity index (χ3n) is 4.57. The molecule has 140 valence electrons. The summed E-state index contributed by atoms with van der Waals surface area (Å²) in [4.78, 5) is 27.1. The summed E-state index contributed by atoms with van der Waals surface area (Å²) in [6.45, 7) is 0. The van der Waals surface area contributed by atoms with Gasteiger partial charge in [0.2, 0.25) is 0 Å². The topological polar surface area (TPSA) is 67.9 Å². The van der Waals surface area contributed by atoms with Gasteiger partial charge in [-0.1, -0.05) is 24.3 Å². The van der Waals surface area contributed by atoms with E-state index in [1.165, 1.54) is 12.0 Å². The minimum absolute atomic E-state index is 0.214. The van der Waals surface area contributed by atoms with Crippen LogP contribution in [0.5, 0.6) is 17.2 Å². The summed E-state index contributed by atoms with van der Waals surface area (Å²) in [5, 5.41) is 2.81. The van der Waals surface area contributed by atoms with Gasteiger partial charge >= 0.3 is 0 Å². The maximum Gasteiger partial charge on any atom is 0.261 e. The monoisotopic (exact) mass is 374 g/mol. The molecule has 1 aliphatic heterocycles. The van der Waals surface area contributed by atoms with E-state index in [1.54, 1.807) is 49.5 Å². The SMILES string of the molecule is COc1ccccc1C(=O)Nc1ccc2c(c1)C(=O)N(C)c1ccccc1O2. The van der Waals surface area contributed by atoms with Gasteiger partial charge in [0.25, 0.3) is 11.8 Å². The second-order valence-electron chi connectivity index (χ2n) is 6.30. The van der Waals surface area contributed by atoms with Crippen LogP contribution in [0.2, 0.25) is 0 Å². The number of carbonyl (C=O) groups excluding carboxylic acids is 2. The van der Waals surface area contributed by atoms with E-state index >= 15 is 0 Å². The number of para-hydroxylation sites is 3. The van der Waals surface area contributed by atoms with Gasteiger partial charge in [-0.05, 0) is 42.5 Å². The lowest BCUT2D eigenvalue weighted by molar-refractivity contribution is 0.0989. The number of hydrogen-bond acceptors (Lipinski definition) is 4. The molecule has 0 aromatic heterocycles. The normalized spacial score (nSPS) is 12.4. The Morgan fingerprint density at radius 2 is 1.75 bits per heavy atom. The third-order valence-corrected chi connectivity index (χ3v) is 4.57. The number of nitrogens with zero attached hydrogens (tertiary/aromatic N) is 1. The van der Waals surface area contributed by atoms with Gasteiger partial charge in [0.05, 0.1) is 23.9 Å². The lowest BCUT2D eigenvalue weighted by Gasteiger charge is -2.16. The smallest absolute Gasteiger partial charge is 0.261 e. The molecule has 4 rings (SSSR count). The standard InChI is InChI=1S/C22H18N2O4/c1-24-17-8-4-6-10-20(17)28-19-12-11-14(13-16(19)22(24)26)23-21(25)15-7-3-5-9-18(15)27-2/h3-13H,1-2H3,(H,23,25). The first kappa shape index (κ1) is 17.6. The van der Waals surface area contributed by atoms with Crippen molar-refractivity contribution in [3.8, 4) is 17.2 Å². The predicted octanol–water partition coefficient (Wildman–Crippen LogP) is 4.33. The molecule has 6 heteroatoms. The minimum atomic E-state index is -0.323. The van der Waals surface area contributed by atoms with E-state index in [0.29, 0.717) is 39.8 Å². The molecule has 0 saturated carbocycles. The summed E-state index contributed by atoms with van der Waals surface area (Å²) in [7, 11) is 3.21. The Bertz CT molecular complexity index is 1080. The maximum absolute atomic E-state index is 12.9. The van der Waals surface area contributed by atoms with Crippen molar-refractivity contribution < 1.29 is 19.1 Å². The van der Waals surface area contributed by atoms with E-state index in [-0.39, 0.29) is 11.8 Å². The van der Waals surface area contributed by atoms with Gasteiger partial charge in [-0.25, -0.2) is 0 Å². The van der Waals surface area contributed by atoms with Crippen LogP contribution in [0.15, 0.2) is 66.7 Å². The van der Waals surface area contributed by atoms with E-state index in [2.05, 4.69) is 5.32 Å². The van der Waals surface area contributed by atoms with Crippen molar-refractivity contribution in [2.75, 3.05) is 24.4 Å². The van der Waals surface area contributed by atoms with Crippen LogP contribution in [-0.2, 0) is 0 Å². The molecule has 28 heavy (non-hydrogen) atoms. The second kappa shape index (κ2) is 7.08. The third kappa shape index (κ3) is 3.05. The Labute approximate surface area is 162 Å². The molecular formula is C22H18N2O4. The average Bonchev–Trinajstić information content (AvgIpc) is 2.83. The summed E-state index contributed by atoms with van der Waals surface area (Å²) >= 11 is 0. The summed E-state index contributed by atoms with van der Waals surface area (Å²) in [6.07, 6.45) is 0. The molecular weight excluding hydrogens is 356 g/mol. The first-order valence-corrected chi connectivity index (χ1v) is 8.72. The Hall–Kier alpha value is -3.80. The van der Waals surface area contributed by atoms with Crippen molar-refractivity contribution >= 4 is 23.2 Å². The number of ether oxygens (including phenoxy) is 2. The van der Waals surface area contributed by atoms with Crippen LogP contribution in [0.1, 0.15) is 20.7 Å². The van der Waals surface area contributed by atoms with Crippen LogP contribution in [-0.4, -0.2) is 26.0 Å². The fourth-order valence-electron chi connectivity index (χ4n) is 3.12. The molecule has 0 unspecified atom stereocenters. The first-order valence-electron chi connectivity index (χ1n) is 8.72. The zero-order chi connectivity index (χ0) is 19.7. The average molecular weight is 374 g/mol. The van der Waals surface area contributed by atoms with Crippen molar-refractivity contribution in [1.29, 1.82) is 0 Å². The number of fused-ring (bicyclic) bond motifs is 2. The van der Waals surface area contributed by atoms with Crippen molar-refractivity contribution in [2.24, 2.45) is 0 Å². The van der Waals surface area contributed by atoms with Gasteiger partial charge in [0.1, 0.15) is 11.5 Å². The van der Waals surface area contributed by atoms with Crippen LogP contribution in [0.25, 0.3) is 0 Å². The predicted molar refractivity (Wildman–Crippen MR) is 107 cm³/mol. The van der Waals surface area contributed by atoms with Crippen molar-refractivity contribution in [2.45, 2.75) is 0 Å². The van der Waals surface area contributed by atoms with Crippen LogP contribution >= 0.6 is 0 Å². The number of carbonyl (C=O) groups is 2. The van der Waals surface area contributed by atoms with Gasteiger partial charge in [-0.3, -0.25) is 9.59 Å². The van der Waals surface area contributed by atoms with Crippen molar-refractivity contribution in [3.63, 3.8) is 0 Å². The molecule has 0 spiro atoms. The van der Waals surface area contributed by atoms with Crippen LogP contribution in [0.3, 0.4) is 0 Å². The Kier molecular flexibility index (Phi) is 4.45. The second-order valence-corrected chi connectivity index (χ2v) is 6.30. The molecule has 1 N–H and O–H groups in total. The van der Waals surface area contributed by atoms with Crippen LogP contribution in [0, 0.1) is 0 Å². The molecule has 1 aliphatic rings. The molecule has 0 radical (unpaired) electrons. The minimum Gasteiger partial charge on any atom is -0.496 e. The number of amides is 2. The van der Waals surface area contributed by atoms with Gasteiger partial charge in [0.15, 0.2) is 5.75 Å². The summed E-state index contributed by atoms with van der Waals surface area (Å²) in [5.41, 5.74) is 1.96. The van der Waals surface area contributed by atoms with Gasteiger partial charge < -0.3 is 19.7 Å². The quantitative estimate of drug-likeness (QED) is 0.741. The Balaban J connectivity index is 1.66. The highest BCUT2D eigenvalue weighted by Gasteiger charge is 2.26.